The van der Waals surface area contributed by atoms with Gasteiger partial charge in [-0.1, -0.05) is 12.1 Å². The highest BCUT2D eigenvalue weighted by Gasteiger charge is 2.09. The summed E-state index contributed by atoms with van der Waals surface area (Å²) in [4.78, 5) is 4.05. The number of rotatable bonds is 6. The van der Waals surface area contributed by atoms with Gasteiger partial charge in [-0.15, -0.1) is 0 Å². The van der Waals surface area contributed by atoms with Gasteiger partial charge in [-0.3, -0.25) is 0 Å². The first-order valence-corrected chi connectivity index (χ1v) is 5.97. The van der Waals surface area contributed by atoms with Crippen molar-refractivity contribution < 1.29 is 13.5 Å². The van der Waals surface area contributed by atoms with Gasteiger partial charge in [0, 0.05) is 12.7 Å². The second kappa shape index (κ2) is 6.17. The van der Waals surface area contributed by atoms with E-state index >= 15 is 0 Å². The minimum absolute atomic E-state index is 0.139. The first-order chi connectivity index (χ1) is 9.20. The first kappa shape index (κ1) is 13.3. The first-order valence-electron chi connectivity index (χ1n) is 5.97. The molecule has 6 heteroatoms. The lowest BCUT2D eigenvalue weighted by molar-refractivity contribution is -0.0493. The van der Waals surface area contributed by atoms with Gasteiger partial charge >= 0.3 is 6.61 Å². The molecule has 1 aromatic carbocycles. The summed E-state index contributed by atoms with van der Waals surface area (Å²) in [7, 11) is 0. The number of aryl methyl sites for hydroxylation is 1. The Morgan fingerprint density at radius 1 is 1.37 bits per heavy atom. The fourth-order valence-electron chi connectivity index (χ4n) is 1.78. The van der Waals surface area contributed by atoms with Crippen LogP contribution in [0.25, 0.3) is 0 Å². The summed E-state index contributed by atoms with van der Waals surface area (Å²) >= 11 is 0. The molecule has 0 aliphatic carbocycles. The lowest BCUT2D eigenvalue weighted by atomic mass is 10.3. The van der Waals surface area contributed by atoms with Crippen molar-refractivity contribution in [2.45, 2.75) is 26.6 Å². The maximum atomic E-state index is 12.3. The van der Waals surface area contributed by atoms with Gasteiger partial charge in [-0.05, 0) is 19.1 Å². The Morgan fingerprint density at radius 2 is 2.16 bits per heavy atom. The van der Waals surface area contributed by atoms with Crippen LogP contribution in [-0.2, 0) is 13.1 Å². The second-order valence-corrected chi connectivity index (χ2v) is 3.90. The number of para-hydroxylation sites is 2. The normalized spacial score (nSPS) is 10.7. The van der Waals surface area contributed by atoms with Gasteiger partial charge in [0.2, 0.25) is 0 Å². The molecule has 2 rings (SSSR count). The Hall–Kier alpha value is -2.11. The number of nitrogens with zero attached hydrogens (tertiary/aromatic N) is 2. The zero-order valence-electron chi connectivity index (χ0n) is 10.5. The Labute approximate surface area is 110 Å². The SMILES string of the molecule is CCn1cncc1CNc1ccccc1OC(F)F. The standard InChI is InChI=1S/C13H15F2N3O/c1-2-18-9-16-7-10(18)8-17-11-5-3-4-6-12(11)19-13(14)15/h3-7,9,13,17H,2,8H2,1H3. The Balaban J connectivity index is 2.07. The molecule has 0 fully saturated rings. The van der Waals surface area contributed by atoms with Gasteiger partial charge in [0.05, 0.1) is 24.3 Å². The lowest BCUT2D eigenvalue weighted by Gasteiger charge is -2.13. The number of nitrogens with one attached hydrogen (secondary N) is 1. The summed E-state index contributed by atoms with van der Waals surface area (Å²) < 4.78 is 31.0. The van der Waals surface area contributed by atoms with Crippen LogP contribution in [0.1, 0.15) is 12.6 Å². The molecular weight excluding hydrogens is 252 g/mol. The van der Waals surface area contributed by atoms with E-state index in [0.717, 1.165) is 12.2 Å². The van der Waals surface area contributed by atoms with E-state index in [0.29, 0.717) is 12.2 Å². The van der Waals surface area contributed by atoms with E-state index in [1.807, 2.05) is 11.5 Å². The average Bonchev–Trinajstić information content (AvgIpc) is 2.84. The van der Waals surface area contributed by atoms with Crippen molar-refractivity contribution in [3.63, 3.8) is 0 Å². The van der Waals surface area contributed by atoms with Crippen LogP contribution in [0.5, 0.6) is 5.75 Å². The minimum atomic E-state index is -2.83. The highest BCUT2D eigenvalue weighted by Crippen LogP contribution is 2.25. The van der Waals surface area contributed by atoms with Crippen LogP contribution in [0, 0.1) is 0 Å². The zero-order valence-corrected chi connectivity index (χ0v) is 10.5. The van der Waals surface area contributed by atoms with E-state index in [2.05, 4.69) is 15.0 Å². The molecule has 2 aromatic rings. The van der Waals surface area contributed by atoms with Gasteiger partial charge in [0.15, 0.2) is 0 Å². The summed E-state index contributed by atoms with van der Waals surface area (Å²) in [5.41, 5.74) is 1.51. The van der Waals surface area contributed by atoms with Gasteiger partial charge in [0.1, 0.15) is 5.75 Å². The second-order valence-electron chi connectivity index (χ2n) is 3.90. The predicted molar refractivity (Wildman–Crippen MR) is 68.3 cm³/mol. The van der Waals surface area contributed by atoms with Crippen LogP contribution in [0.3, 0.4) is 0 Å². The lowest BCUT2D eigenvalue weighted by Crippen LogP contribution is -2.08. The third-order valence-electron chi connectivity index (χ3n) is 2.70. The van der Waals surface area contributed by atoms with Crippen LogP contribution in [0.4, 0.5) is 14.5 Å². The number of hydrogen-bond donors (Lipinski definition) is 1. The van der Waals surface area contributed by atoms with Crippen molar-refractivity contribution in [1.82, 2.24) is 9.55 Å². The molecular formula is C13H15F2N3O. The van der Waals surface area contributed by atoms with Gasteiger partial charge in [-0.2, -0.15) is 8.78 Å². The minimum Gasteiger partial charge on any atom is -0.433 e. The number of hydrogen-bond acceptors (Lipinski definition) is 3. The van der Waals surface area contributed by atoms with E-state index in [9.17, 15) is 8.78 Å². The van der Waals surface area contributed by atoms with Crippen LogP contribution in [0.15, 0.2) is 36.8 Å². The van der Waals surface area contributed by atoms with Crippen molar-refractivity contribution in [2.75, 3.05) is 5.32 Å². The zero-order chi connectivity index (χ0) is 13.7. The maximum Gasteiger partial charge on any atom is 0.387 e. The topological polar surface area (TPSA) is 39.1 Å². The van der Waals surface area contributed by atoms with Crippen molar-refractivity contribution in [3.8, 4) is 5.75 Å². The average molecular weight is 267 g/mol. The van der Waals surface area contributed by atoms with Crippen molar-refractivity contribution in [1.29, 1.82) is 0 Å². The molecule has 0 amide bonds. The molecule has 0 aliphatic heterocycles. The Morgan fingerprint density at radius 3 is 2.89 bits per heavy atom. The number of ether oxygens (including phenoxy) is 1. The van der Waals surface area contributed by atoms with E-state index < -0.39 is 6.61 Å². The molecule has 0 atom stereocenters. The quantitative estimate of drug-likeness (QED) is 0.874. The van der Waals surface area contributed by atoms with E-state index in [1.165, 1.54) is 6.07 Å². The molecule has 1 aromatic heterocycles. The highest BCUT2D eigenvalue weighted by molar-refractivity contribution is 5.56. The summed E-state index contributed by atoms with van der Waals surface area (Å²) in [6, 6.07) is 6.62. The number of halogens is 2. The molecule has 0 saturated carbocycles. The Bertz CT molecular complexity index is 528. The van der Waals surface area contributed by atoms with Crippen molar-refractivity contribution in [3.05, 3.63) is 42.5 Å². The highest BCUT2D eigenvalue weighted by atomic mass is 19.3. The van der Waals surface area contributed by atoms with Crippen LogP contribution < -0.4 is 10.1 Å². The van der Waals surface area contributed by atoms with Gasteiger partial charge in [0.25, 0.3) is 0 Å². The molecule has 19 heavy (non-hydrogen) atoms. The number of alkyl halides is 2. The molecule has 0 bridgehead atoms. The molecule has 0 saturated heterocycles. The number of benzene rings is 1. The van der Waals surface area contributed by atoms with E-state index in [1.54, 1.807) is 30.7 Å². The smallest absolute Gasteiger partial charge is 0.387 e. The fourth-order valence-corrected chi connectivity index (χ4v) is 1.78. The molecule has 0 radical (unpaired) electrons. The van der Waals surface area contributed by atoms with Gasteiger partial charge < -0.3 is 14.6 Å². The molecule has 1 N–H and O–H groups in total. The third kappa shape index (κ3) is 3.43. The molecule has 4 nitrogen and oxygen atoms in total. The summed E-state index contributed by atoms with van der Waals surface area (Å²) in [6.07, 6.45) is 3.48. The molecule has 102 valence electrons. The van der Waals surface area contributed by atoms with Crippen molar-refractivity contribution in [2.24, 2.45) is 0 Å². The summed E-state index contributed by atoms with van der Waals surface area (Å²) in [5.74, 6) is 0.139. The number of imidazole rings is 1. The van der Waals surface area contributed by atoms with E-state index in [-0.39, 0.29) is 5.75 Å². The summed E-state index contributed by atoms with van der Waals surface area (Å²) in [5, 5.41) is 3.08. The number of aromatic nitrogens is 2. The van der Waals surface area contributed by atoms with Crippen molar-refractivity contribution >= 4 is 5.69 Å². The van der Waals surface area contributed by atoms with Crippen LogP contribution in [0.2, 0.25) is 0 Å². The maximum absolute atomic E-state index is 12.3. The van der Waals surface area contributed by atoms with Crippen LogP contribution >= 0.6 is 0 Å². The Kier molecular flexibility index (Phi) is 4.33. The van der Waals surface area contributed by atoms with Crippen LogP contribution in [-0.4, -0.2) is 16.2 Å². The number of anilines is 1. The summed E-state index contributed by atoms with van der Waals surface area (Å²) in [6.45, 7) is 0.493. The third-order valence-corrected chi connectivity index (χ3v) is 2.70. The fraction of sp³-hybridized carbons (Fsp3) is 0.308. The molecule has 1 heterocycles. The van der Waals surface area contributed by atoms with E-state index in [4.69, 9.17) is 0 Å². The largest absolute Gasteiger partial charge is 0.433 e. The molecule has 0 unspecified atom stereocenters. The van der Waals surface area contributed by atoms with Gasteiger partial charge in [-0.25, -0.2) is 4.98 Å². The molecule has 0 aliphatic rings. The molecule has 0 spiro atoms. The predicted octanol–water partition coefficient (Wildman–Crippen LogP) is 3.12. The monoisotopic (exact) mass is 267 g/mol.